The summed E-state index contributed by atoms with van der Waals surface area (Å²) in [5.74, 6) is 0.257. The second-order valence-corrected chi connectivity index (χ2v) is 3.24. The highest BCUT2D eigenvalue weighted by molar-refractivity contribution is 5.40. The number of phenolic OH excluding ortho intramolecular Hbond substituents is 1. The molecule has 2 nitrogen and oxygen atoms in total. The third kappa shape index (κ3) is 0.947. The fourth-order valence-corrected chi connectivity index (χ4v) is 1.37. The van der Waals surface area contributed by atoms with Crippen LogP contribution in [0.25, 0.3) is 0 Å². The summed E-state index contributed by atoms with van der Waals surface area (Å²) in [6.07, 6.45) is 1.91. The highest BCUT2D eigenvalue weighted by atomic mass is 16.3. The van der Waals surface area contributed by atoms with Crippen LogP contribution in [0.4, 0.5) is 0 Å². The fraction of sp³-hybridized carbons (Fsp3) is 0.300. The van der Waals surface area contributed by atoms with Crippen molar-refractivity contribution in [3.8, 4) is 11.8 Å². The summed E-state index contributed by atoms with van der Waals surface area (Å²) in [7, 11) is 0. The van der Waals surface area contributed by atoms with E-state index in [0.29, 0.717) is 0 Å². The Labute approximate surface area is 71.1 Å². The van der Waals surface area contributed by atoms with Crippen LogP contribution in [0, 0.1) is 11.3 Å². The molecule has 60 valence electrons. The Hall–Kier alpha value is -1.49. The molecule has 0 bridgehead atoms. The van der Waals surface area contributed by atoms with Crippen molar-refractivity contribution >= 4 is 0 Å². The normalized spacial score (nSPS) is 18.2. The lowest BCUT2D eigenvalue weighted by Crippen LogP contribution is -2.01. The molecule has 1 N–H and O–H groups in total. The molecule has 0 radical (unpaired) electrons. The van der Waals surface area contributed by atoms with Crippen LogP contribution in [0.2, 0.25) is 0 Å². The van der Waals surface area contributed by atoms with Crippen LogP contribution in [0.15, 0.2) is 24.3 Å². The second-order valence-electron chi connectivity index (χ2n) is 3.24. The summed E-state index contributed by atoms with van der Waals surface area (Å²) >= 11 is 0. The van der Waals surface area contributed by atoms with Gasteiger partial charge in [0.05, 0.1) is 11.5 Å². The van der Waals surface area contributed by atoms with Gasteiger partial charge >= 0.3 is 0 Å². The van der Waals surface area contributed by atoms with Gasteiger partial charge in [0.15, 0.2) is 0 Å². The van der Waals surface area contributed by atoms with Gasteiger partial charge in [0, 0.05) is 0 Å². The molecule has 2 heteroatoms. The van der Waals surface area contributed by atoms with Crippen molar-refractivity contribution in [3.05, 3.63) is 29.8 Å². The zero-order valence-corrected chi connectivity index (χ0v) is 6.62. The first-order valence-electron chi connectivity index (χ1n) is 3.98. The molecule has 0 heterocycles. The highest BCUT2D eigenvalue weighted by Crippen LogP contribution is 2.47. The molecule has 0 aliphatic heterocycles. The van der Waals surface area contributed by atoms with Crippen LogP contribution < -0.4 is 0 Å². The van der Waals surface area contributed by atoms with E-state index < -0.39 is 0 Å². The van der Waals surface area contributed by atoms with E-state index in [0.717, 1.165) is 18.4 Å². The molecular formula is C10H9NO. The maximum absolute atomic E-state index is 9.03. The van der Waals surface area contributed by atoms with Crippen LogP contribution in [0.3, 0.4) is 0 Å². The molecule has 2 rings (SSSR count). The zero-order chi connectivity index (χ0) is 8.60. The third-order valence-electron chi connectivity index (χ3n) is 2.38. The molecule has 0 aromatic heterocycles. The fourth-order valence-electron chi connectivity index (χ4n) is 1.37. The Bertz CT molecular complexity index is 330. The predicted molar refractivity (Wildman–Crippen MR) is 44.6 cm³/mol. The van der Waals surface area contributed by atoms with E-state index in [1.165, 1.54) is 0 Å². The van der Waals surface area contributed by atoms with Crippen molar-refractivity contribution in [1.82, 2.24) is 0 Å². The maximum Gasteiger partial charge on any atom is 0.115 e. The summed E-state index contributed by atoms with van der Waals surface area (Å²) < 4.78 is 0. The summed E-state index contributed by atoms with van der Waals surface area (Å²) in [6, 6.07) is 9.22. The summed E-state index contributed by atoms with van der Waals surface area (Å²) in [5, 5.41) is 17.9. The monoisotopic (exact) mass is 159 g/mol. The first-order chi connectivity index (χ1) is 5.77. The van der Waals surface area contributed by atoms with Crippen LogP contribution in [0.5, 0.6) is 5.75 Å². The number of aromatic hydroxyl groups is 1. The molecule has 1 aliphatic rings. The Morgan fingerprint density at radius 3 is 2.25 bits per heavy atom. The van der Waals surface area contributed by atoms with Crippen molar-refractivity contribution < 1.29 is 5.11 Å². The molecule has 12 heavy (non-hydrogen) atoms. The summed E-state index contributed by atoms with van der Waals surface area (Å²) in [4.78, 5) is 0. The van der Waals surface area contributed by atoms with Gasteiger partial charge in [-0.1, -0.05) is 12.1 Å². The van der Waals surface area contributed by atoms with Crippen molar-refractivity contribution in [2.75, 3.05) is 0 Å². The Morgan fingerprint density at radius 1 is 1.25 bits per heavy atom. The standard InChI is InChI=1S/C10H9NO/c11-7-10(5-6-10)8-1-3-9(12)4-2-8/h1-4,12H,5-6H2. The molecule has 0 amide bonds. The number of hydrogen-bond acceptors (Lipinski definition) is 2. The van der Waals surface area contributed by atoms with Crippen LogP contribution in [-0.2, 0) is 5.41 Å². The lowest BCUT2D eigenvalue weighted by molar-refractivity contribution is 0.475. The lowest BCUT2D eigenvalue weighted by Gasteiger charge is -2.04. The van der Waals surface area contributed by atoms with Crippen molar-refractivity contribution in [3.63, 3.8) is 0 Å². The number of hydrogen-bond donors (Lipinski definition) is 1. The zero-order valence-electron chi connectivity index (χ0n) is 6.62. The molecule has 0 saturated heterocycles. The smallest absolute Gasteiger partial charge is 0.115 e. The molecule has 1 fully saturated rings. The van der Waals surface area contributed by atoms with Gasteiger partial charge in [-0.2, -0.15) is 5.26 Å². The molecule has 1 aliphatic carbocycles. The van der Waals surface area contributed by atoms with E-state index in [1.54, 1.807) is 12.1 Å². The number of nitriles is 1. The Kier molecular flexibility index (Phi) is 1.34. The average molecular weight is 159 g/mol. The number of phenols is 1. The molecule has 1 saturated carbocycles. The molecule has 1 aromatic rings. The minimum absolute atomic E-state index is 0.228. The van der Waals surface area contributed by atoms with Crippen LogP contribution >= 0.6 is 0 Å². The number of nitrogens with zero attached hydrogens (tertiary/aromatic N) is 1. The summed E-state index contributed by atoms with van der Waals surface area (Å²) in [6.45, 7) is 0. The van der Waals surface area contributed by atoms with E-state index in [2.05, 4.69) is 6.07 Å². The van der Waals surface area contributed by atoms with E-state index >= 15 is 0 Å². The topological polar surface area (TPSA) is 44.0 Å². The van der Waals surface area contributed by atoms with Gasteiger partial charge in [-0.25, -0.2) is 0 Å². The van der Waals surface area contributed by atoms with Crippen molar-refractivity contribution in [1.29, 1.82) is 5.26 Å². The predicted octanol–water partition coefficient (Wildman–Crippen LogP) is 1.95. The van der Waals surface area contributed by atoms with Gasteiger partial charge in [0.1, 0.15) is 5.75 Å². The molecule has 1 aromatic carbocycles. The van der Waals surface area contributed by atoms with E-state index in [4.69, 9.17) is 10.4 Å². The number of rotatable bonds is 1. The number of benzene rings is 1. The van der Waals surface area contributed by atoms with E-state index in [-0.39, 0.29) is 11.2 Å². The Balaban J connectivity index is 2.37. The van der Waals surface area contributed by atoms with E-state index in [9.17, 15) is 0 Å². The minimum Gasteiger partial charge on any atom is -0.508 e. The second kappa shape index (κ2) is 2.25. The molecule has 0 atom stereocenters. The van der Waals surface area contributed by atoms with Gasteiger partial charge < -0.3 is 5.11 Å². The first kappa shape index (κ1) is 7.17. The quantitative estimate of drug-likeness (QED) is 0.680. The van der Waals surface area contributed by atoms with Crippen molar-refractivity contribution in [2.45, 2.75) is 18.3 Å². The Morgan fingerprint density at radius 2 is 1.83 bits per heavy atom. The summed E-state index contributed by atoms with van der Waals surface area (Å²) in [5.41, 5.74) is 0.802. The van der Waals surface area contributed by atoms with Gasteiger partial charge in [-0.15, -0.1) is 0 Å². The third-order valence-corrected chi connectivity index (χ3v) is 2.38. The average Bonchev–Trinajstić information content (AvgIpc) is 2.86. The SMILES string of the molecule is N#CC1(c2ccc(O)cc2)CC1. The van der Waals surface area contributed by atoms with Crippen molar-refractivity contribution in [2.24, 2.45) is 0 Å². The van der Waals surface area contributed by atoms with Gasteiger partial charge in [-0.3, -0.25) is 0 Å². The van der Waals surface area contributed by atoms with Crippen LogP contribution in [0.1, 0.15) is 18.4 Å². The van der Waals surface area contributed by atoms with Crippen LogP contribution in [-0.4, -0.2) is 5.11 Å². The molecule has 0 spiro atoms. The van der Waals surface area contributed by atoms with Gasteiger partial charge in [-0.05, 0) is 30.5 Å². The van der Waals surface area contributed by atoms with E-state index in [1.807, 2.05) is 12.1 Å². The lowest BCUT2D eigenvalue weighted by atomic mass is 9.98. The molecule has 0 unspecified atom stereocenters. The maximum atomic E-state index is 9.03. The van der Waals surface area contributed by atoms with Gasteiger partial charge in [0.2, 0.25) is 0 Å². The minimum atomic E-state index is -0.228. The first-order valence-corrected chi connectivity index (χ1v) is 3.98. The molecular weight excluding hydrogens is 150 g/mol. The highest BCUT2D eigenvalue weighted by Gasteiger charge is 2.44. The largest absolute Gasteiger partial charge is 0.508 e. The van der Waals surface area contributed by atoms with Gasteiger partial charge in [0.25, 0.3) is 0 Å².